The lowest BCUT2D eigenvalue weighted by atomic mass is 9.80. The van der Waals surface area contributed by atoms with E-state index in [-0.39, 0.29) is 6.79 Å². The smallest absolute Gasteiger partial charge is 0.231 e. The van der Waals surface area contributed by atoms with Crippen molar-refractivity contribution in [3.8, 4) is 17.2 Å². The summed E-state index contributed by atoms with van der Waals surface area (Å²) in [6.45, 7) is 9.03. The van der Waals surface area contributed by atoms with Gasteiger partial charge in [-0.3, -0.25) is 0 Å². The Balaban J connectivity index is 1.47. The maximum Gasteiger partial charge on any atom is 0.231 e. The van der Waals surface area contributed by atoms with Gasteiger partial charge in [-0.15, -0.1) is 0 Å². The molecular weight excluding hydrogens is 388 g/mol. The molecule has 168 valence electrons. The molecule has 0 amide bonds. The highest BCUT2D eigenvalue weighted by molar-refractivity contribution is 5.47. The highest BCUT2D eigenvalue weighted by Crippen LogP contribution is 2.37. The Bertz CT molecular complexity index is 852. The van der Waals surface area contributed by atoms with Crippen LogP contribution in [0.15, 0.2) is 42.5 Å². The van der Waals surface area contributed by atoms with Crippen molar-refractivity contribution >= 4 is 5.69 Å². The Labute approximate surface area is 186 Å². The maximum atomic E-state index is 6.29. The third-order valence-corrected chi connectivity index (χ3v) is 6.73. The van der Waals surface area contributed by atoms with Crippen molar-refractivity contribution in [1.29, 1.82) is 0 Å². The molecule has 3 atom stereocenters. The molecule has 2 aliphatic rings. The number of piperidine rings is 1. The molecule has 31 heavy (non-hydrogen) atoms. The van der Waals surface area contributed by atoms with Gasteiger partial charge in [0.15, 0.2) is 11.5 Å². The lowest BCUT2D eigenvalue weighted by Gasteiger charge is -2.39. The lowest BCUT2D eigenvalue weighted by Crippen LogP contribution is -2.43. The van der Waals surface area contributed by atoms with Crippen LogP contribution in [0, 0.1) is 11.8 Å². The number of hydrogen-bond donors (Lipinski definition) is 0. The van der Waals surface area contributed by atoms with Gasteiger partial charge in [-0.1, -0.05) is 32.4 Å². The molecular formula is C26H36N2O3. The summed E-state index contributed by atoms with van der Waals surface area (Å²) in [5, 5.41) is 0. The van der Waals surface area contributed by atoms with Crippen LogP contribution in [0.3, 0.4) is 0 Å². The predicted molar refractivity (Wildman–Crippen MR) is 126 cm³/mol. The van der Waals surface area contributed by atoms with Crippen molar-refractivity contribution in [3.05, 3.63) is 48.0 Å². The van der Waals surface area contributed by atoms with Gasteiger partial charge in [0.1, 0.15) is 5.75 Å². The first-order valence-electron chi connectivity index (χ1n) is 11.6. The first-order chi connectivity index (χ1) is 15.0. The molecule has 0 N–H and O–H groups in total. The SMILES string of the molecule is CCC(C)CN1CC[C@@H](c2ccc(N(C)C)cc2)[C@H](COc2ccc3c(c2)OCO3)C1. The lowest BCUT2D eigenvalue weighted by molar-refractivity contribution is 0.0998. The second-order valence-electron chi connectivity index (χ2n) is 9.24. The van der Waals surface area contributed by atoms with E-state index in [1.165, 1.54) is 30.6 Å². The number of fused-ring (bicyclic) bond motifs is 1. The second kappa shape index (κ2) is 9.82. The Hall–Kier alpha value is -2.40. The van der Waals surface area contributed by atoms with Crippen LogP contribution in [0.2, 0.25) is 0 Å². The molecule has 2 aromatic carbocycles. The molecule has 2 aliphatic heterocycles. The minimum atomic E-state index is 0.289. The van der Waals surface area contributed by atoms with E-state index in [4.69, 9.17) is 14.2 Å². The number of rotatable bonds is 8. The monoisotopic (exact) mass is 424 g/mol. The highest BCUT2D eigenvalue weighted by Gasteiger charge is 2.31. The summed E-state index contributed by atoms with van der Waals surface area (Å²) in [7, 11) is 4.18. The molecule has 1 fully saturated rings. The van der Waals surface area contributed by atoms with Crippen LogP contribution in [0.25, 0.3) is 0 Å². The molecule has 0 saturated carbocycles. The molecule has 0 spiro atoms. The molecule has 1 unspecified atom stereocenters. The first-order valence-corrected chi connectivity index (χ1v) is 11.6. The number of anilines is 1. The molecule has 2 aromatic rings. The summed E-state index contributed by atoms with van der Waals surface area (Å²) < 4.78 is 17.2. The van der Waals surface area contributed by atoms with Crippen LogP contribution < -0.4 is 19.1 Å². The standard InChI is InChI=1S/C26H36N2O3/c1-5-19(2)15-28-13-12-24(20-6-8-22(9-7-20)27(3)4)21(16-28)17-29-23-10-11-25-26(14-23)31-18-30-25/h6-11,14,19,21,24H,5,12-13,15-18H2,1-4H3/t19?,21-,24-/m0/s1. The quantitative estimate of drug-likeness (QED) is 0.595. The van der Waals surface area contributed by atoms with Crippen molar-refractivity contribution in [2.45, 2.75) is 32.6 Å². The zero-order chi connectivity index (χ0) is 21.8. The fourth-order valence-electron chi connectivity index (χ4n) is 4.64. The van der Waals surface area contributed by atoms with Crippen molar-refractivity contribution in [2.24, 2.45) is 11.8 Å². The van der Waals surface area contributed by atoms with E-state index in [9.17, 15) is 0 Å². The summed E-state index contributed by atoms with van der Waals surface area (Å²) in [6, 6.07) is 14.9. The van der Waals surface area contributed by atoms with E-state index >= 15 is 0 Å². The third-order valence-electron chi connectivity index (χ3n) is 6.73. The Kier molecular flexibility index (Phi) is 6.91. The maximum absolute atomic E-state index is 6.29. The zero-order valence-corrected chi connectivity index (χ0v) is 19.3. The Morgan fingerprint density at radius 3 is 2.61 bits per heavy atom. The summed E-state index contributed by atoms with van der Waals surface area (Å²) in [4.78, 5) is 4.78. The van der Waals surface area contributed by atoms with E-state index in [1.54, 1.807) is 0 Å². The van der Waals surface area contributed by atoms with Crippen molar-refractivity contribution in [1.82, 2.24) is 4.90 Å². The highest BCUT2D eigenvalue weighted by atomic mass is 16.7. The molecule has 1 saturated heterocycles. The fourth-order valence-corrected chi connectivity index (χ4v) is 4.64. The number of benzene rings is 2. The number of likely N-dealkylation sites (tertiary alicyclic amines) is 1. The van der Waals surface area contributed by atoms with Gasteiger partial charge in [0, 0.05) is 44.9 Å². The van der Waals surface area contributed by atoms with Gasteiger partial charge in [0.2, 0.25) is 6.79 Å². The van der Waals surface area contributed by atoms with E-state index in [0.29, 0.717) is 18.4 Å². The molecule has 0 aromatic heterocycles. The van der Waals surface area contributed by atoms with E-state index in [1.807, 2.05) is 18.2 Å². The van der Waals surface area contributed by atoms with E-state index in [0.717, 1.165) is 36.3 Å². The normalized spacial score (nSPS) is 21.7. The van der Waals surface area contributed by atoms with Gasteiger partial charge in [-0.25, -0.2) is 0 Å². The third kappa shape index (κ3) is 5.27. The van der Waals surface area contributed by atoms with Crippen LogP contribution in [0.1, 0.15) is 38.2 Å². The molecule has 0 radical (unpaired) electrons. The topological polar surface area (TPSA) is 34.2 Å². The summed E-state index contributed by atoms with van der Waals surface area (Å²) in [6.07, 6.45) is 2.40. The number of nitrogens with zero attached hydrogens (tertiary/aromatic N) is 2. The van der Waals surface area contributed by atoms with E-state index < -0.39 is 0 Å². The minimum absolute atomic E-state index is 0.289. The molecule has 5 nitrogen and oxygen atoms in total. The van der Waals surface area contributed by atoms with Crippen LogP contribution in [-0.2, 0) is 0 Å². The Morgan fingerprint density at radius 2 is 1.87 bits per heavy atom. The predicted octanol–water partition coefficient (Wildman–Crippen LogP) is 5.01. The average Bonchev–Trinajstić information content (AvgIpc) is 3.25. The first kappa shape index (κ1) is 21.8. The van der Waals surface area contributed by atoms with E-state index in [2.05, 4.69) is 62.0 Å². The molecule has 0 aliphatic carbocycles. The minimum Gasteiger partial charge on any atom is -0.493 e. The fraction of sp³-hybridized carbons (Fsp3) is 0.538. The summed E-state index contributed by atoms with van der Waals surface area (Å²) in [5.74, 6) is 4.11. The van der Waals surface area contributed by atoms with Crippen molar-refractivity contribution < 1.29 is 14.2 Å². The van der Waals surface area contributed by atoms with Crippen LogP contribution in [0.5, 0.6) is 17.2 Å². The molecule has 0 bridgehead atoms. The van der Waals surface area contributed by atoms with Crippen LogP contribution in [-0.4, -0.2) is 52.0 Å². The van der Waals surface area contributed by atoms with Gasteiger partial charge in [-0.2, -0.15) is 0 Å². The van der Waals surface area contributed by atoms with Gasteiger partial charge in [0.05, 0.1) is 6.61 Å². The van der Waals surface area contributed by atoms with Gasteiger partial charge in [0.25, 0.3) is 0 Å². The molecule has 5 heteroatoms. The number of ether oxygens (including phenoxy) is 3. The average molecular weight is 425 g/mol. The van der Waals surface area contributed by atoms with Gasteiger partial charge >= 0.3 is 0 Å². The molecule has 4 rings (SSSR count). The Morgan fingerprint density at radius 1 is 1.10 bits per heavy atom. The van der Waals surface area contributed by atoms with Gasteiger partial charge in [-0.05, 0) is 54.6 Å². The van der Waals surface area contributed by atoms with Crippen LogP contribution in [0.4, 0.5) is 5.69 Å². The van der Waals surface area contributed by atoms with Gasteiger partial charge < -0.3 is 24.0 Å². The second-order valence-corrected chi connectivity index (χ2v) is 9.24. The molecule has 2 heterocycles. The number of hydrogen-bond acceptors (Lipinski definition) is 5. The van der Waals surface area contributed by atoms with Crippen LogP contribution >= 0.6 is 0 Å². The zero-order valence-electron chi connectivity index (χ0n) is 19.3. The largest absolute Gasteiger partial charge is 0.493 e. The summed E-state index contributed by atoms with van der Waals surface area (Å²) in [5.41, 5.74) is 2.67. The van der Waals surface area contributed by atoms with Crippen molar-refractivity contribution in [2.75, 3.05) is 52.0 Å². The summed E-state index contributed by atoms with van der Waals surface area (Å²) >= 11 is 0. The van der Waals surface area contributed by atoms with Crippen molar-refractivity contribution in [3.63, 3.8) is 0 Å².